The Bertz CT molecular complexity index is 210. The third-order valence-corrected chi connectivity index (χ3v) is 4.48. The summed E-state index contributed by atoms with van der Waals surface area (Å²) in [6.07, 6.45) is 8.61. The van der Waals surface area contributed by atoms with Crippen molar-refractivity contribution in [1.82, 2.24) is 5.32 Å². The van der Waals surface area contributed by atoms with E-state index in [0.717, 1.165) is 25.8 Å². The van der Waals surface area contributed by atoms with E-state index in [1.54, 1.807) is 0 Å². The summed E-state index contributed by atoms with van der Waals surface area (Å²) in [5, 5.41) is 3.04. The van der Waals surface area contributed by atoms with Gasteiger partial charge in [-0.3, -0.25) is 4.79 Å². The number of carbonyl (C=O) groups excluding carboxylic acids is 1. The average molecular weight is 274 g/mol. The van der Waals surface area contributed by atoms with Crippen LogP contribution in [0.4, 0.5) is 0 Å². The first-order valence-corrected chi connectivity index (χ1v) is 8.53. The molecule has 0 heterocycles. The van der Waals surface area contributed by atoms with E-state index >= 15 is 0 Å². The summed E-state index contributed by atoms with van der Waals surface area (Å²) in [5.41, 5.74) is 5.40. The average Bonchev–Trinajstić information content (AvgIpc) is 2.40. The summed E-state index contributed by atoms with van der Waals surface area (Å²) in [7, 11) is 0. The van der Waals surface area contributed by atoms with Crippen molar-refractivity contribution < 1.29 is 4.79 Å². The van der Waals surface area contributed by atoms with Crippen molar-refractivity contribution in [3.63, 3.8) is 0 Å². The Morgan fingerprint density at radius 1 is 1.17 bits per heavy atom. The largest absolute Gasteiger partial charge is 0.356 e. The molecule has 0 aliphatic heterocycles. The van der Waals surface area contributed by atoms with Gasteiger partial charge in [-0.25, -0.2) is 0 Å². The Hall–Kier alpha value is -0.220. The van der Waals surface area contributed by atoms with Crippen LogP contribution in [0.2, 0.25) is 0 Å². The Morgan fingerprint density at radius 2 is 1.78 bits per heavy atom. The van der Waals surface area contributed by atoms with Crippen molar-refractivity contribution in [2.24, 2.45) is 11.1 Å². The third-order valence-electron chi connectivity index (χ3n) is 3.79. The van der Waals surface area contributed by atoms with Crippen LogP contribution in [0.1, 0.15) is 52.4 Å². The summed E-state index contributed by atoms with van der Waals surface area (Å²) in [5.74, 6) is 1.38. The molecule has 0 spiro atoms. The Kier molecular flexibility index (Phi) is 10.5. The number of rotatable bonds is 11. The van der Waals surface area contributed by atoms with Gasteiger partial charge in [-0.1, -0.05) is 26.7 Å². The molecule has 3 N–H and O–H groups in total. The first-order valence-electron chi connectivity index (χ1n) is 7.14. The summed E-state index contributed by atoms with van der Waals surface area (Å²) in [6.45, 7) is 5.32. The molecule has 3 nitrogen and oxygen atoms in total. The maximum absolute atomic E-state index is 12.1. The number of amides is 1. The van der Waals surface area contributed by atoms with Gasteiger partial charge in [0.1, 0.15) is 0 Å². The number of nitrogens with one attached hydrogen (secondary N) is 1. The van der Waals surface area contributed by atoms with Crippen LogP contribution in [0, 0.1) is 5.41 Å². The monoisotopic (exact) mass is 274 g/mol. The van der Waals surface area contributed by atoms with Crippen LogP contribution in [0.5, 0.6) is 0 Å². The van der Waals surface area contributed by atoms with Gasteiger partial charge in [0.25, 0.3) is 0 Å². The van der Waals surface area contributed by atoms with Gasteiger partial charge >= 0.3 is 0 Å². The minimum atomic E-state index is -0.348. The molecule has 108 valence electrons. The maximum Gasteiger partial charge on any atom is 0.227 e. The van der Waals surface area contributed by atoms with Crippen LogP contribution in [-0.2, 0) is 4.79 Å². The van der Waals surface area contributed by atoms with E-state index in [1.807, 2.05) is 25.6 Å². The molecule has 0 saturated carbocycles. The second-order valence-corrected chi connectivity index (χ2v) is 5.84. The van der Waals surface area contributed by atoms with Crippen molar-refractivity contribution in [1.29, 1.82) is 0 Å². The zero-order valence-electron chi connectivity index (χ0n) is 12.3. The minimum Gasteiger partial charge on any atom is -0.356 e. The van der Waals surface area contributed by atoms with Crippen LogP contribution in [0.3, 0.4) is 0 Å². The molecular weight excluding hydrogens is 244 g/mol. The van der Waals surface area contributed by atoms with Crippen molar-refractivity contribution in [2.45, 2.75) is 52.4 Å². The Balaban J connectivity index is 3.75. The van der Waals surface area contributed by atoms with E-state index in [0.29, 0.717) is 6.54 Å². The highest BCUT2D eigenvalue weighted by Gasteiger charge is 2.32. The molecule has 0 rings (SSSR count). The zero-order valence-corrected chi connectivity index (χ0v) is 13.1. The molecule has 0 aliphatic rings. The lowest BCUT2D eigenvalue weighted by atomic mass is 9.81. The number of hydrogen-bond acceptors (Lipinski definition) is 3. The quantitative estimate of drug-likeness (QED) is 0.570. The molecule has 0 radical (unpaired) electrons. The normalized spacial score (nSPS) is 11.6. The van der Waals surface area contributed by atoms with Gasteiger partial charge in [-0.05, 0) is 37.7 Å². The molecule has 0 unspecified atom stereocenters. The third kappa shape index (κ3) is 6.10. The topological polar surface area (TPSA) is 55.1 Å². The molecule has 0 aromatic carbocycles. The molecule has 18 heavy (non-hydrogen) atoms. The van der Waals surface area contributed by atoms with Crippen LogP contribution >= 0.6 is 11.8 Å². The maximum atomic E-state index is 12.1. The highest BCUT2D eigenvalue weighted by molar-refractivity contribution is 7.98. The van der Waals surface area contributed by atoms with Crippen molar-refractivity contribution in [3.8, 4) is 0 Å². The van der Waals surface area contributed by atoms with E-state index in [4.69, 9.17) is 5.73 Å². The van der Waals surface area contributed by atoms with Gasteiger partial charge in [-0.2, -0.15) is 11.8 Å². The smallest absolute Gasteiger partial charge is 0.227 e. The fourth-order valence-corrected chi connectivity index (χ4v) is 2.56. The van der Waals surface area contributed by atoms with Gasteiger partial charge in [0.15, 0.2) is 0 Å². The lowest BCUT2D eigenvalue weighted by Crippen LogP contribution is -2.45. The van der Waals surface area contributed by atoms with E-state index in [2.05, 4.69) is 11.6 Å². The number of nitrogens with two attached hydrogens (primary N) is 1. The first kappa shape index (κ1) is 17.8. The fraction of sp³-hybridized carbons (Fsp3) is 0.929. The van der Waals surface area contributed by atoms with E-state index in [-0.39, 0.29) is 11.3 Å². The summed E-state index contributed by atoms with van der Waals surface area (Å²) < 4.78 is 0. The second kappa shape index (κ2) is 10.7. The first-order chi connectivity index (χ1) is 8.66. The Labute approximate surface area is 117 Å². The molecule has 0 aromatic heterocycles. The van der Waals surface area contributed by atoms with Crippen LogP contribution in [0.25, 0.3) is 0 Å². The van der Waals surface area contributed by atoms with E-state index in [1.165, 1.54) is 25.0 Å². The van der Waals surface area contributed by atoms with Gasteiger partial charge in [0.05, 0.1) is 5.41 Å². The molecule has 0 aliphatic carbocycles. The van der Waals surface area contributed by atoms with Gasteiger partial charge in [0, 0.05) is 13.1 Å². The molecule has 0 atom stereocenters. The predicted octanol–water partition coefficient (Wildman–Crippen LogP) is 2.79. The van der Waals surface area contributed by atoms with Crippen molar-refractivity contribution in [3.05, 3.63) is 0 Å². The minimum absolute atomic E-state index is 0.138. The highest BCUT2D eigenvalue weighted by Crippen LogP contribution is 2.24. The summed E-state index contributed by atoms with van der Waals surface area (Å²) in [6, 6.07) is 0. The van der Waals surface area contributed by atoms with Crippen LogP contribution in [0.15, 0.2) is 0 Å². The highest BCUT2D eigenvalue weighted by atomic mass is 32.2. The predicted molar refractivity (Wildman–Crippen MR) is 81.9 cm³/mol. The summed E-state index contributed by atoms with van der Waals surface area (Å²) in [4.78, 5) is 12.1. The van der Waals surface area contributed by atoms with E-state index < -0.39 is 0 Å². The molecule has 4 heteroatoms. The number of unbranched alkanes of at least 4 members (excludes halogenated alkanes) is 3. The summed E-state index contributed by atoms with van der Waals surface area (Å²) >= 11 is 1.90. The molecule has 0 fully saturated rings. The number of hydrogen-bond donors (Lipinski definition) is 2. The van der Waals surface area contributed by atoms with Crippen LogP contribution < -0.4 is 11.1 Å². The van der Waals surface area contributed by atoms with Crippen molar-refractivity contribution in [2.75, 3.05) is 25.1 Å². The number of carbonyl (C=O) groups is 1. The Morgan fingerprint density at radius 3 is 2.28 bits per heavy atom. The van der Waals surface area contributed by atoms with Gasteiger partial charge in [0.2, 0.25) is 5.91 Å². The standard InChI is InChI=1S/C14H30N2OS/c1-4-14(5-2,12-15)13(17)16-10-8-6-7-9-11-18-3/h4-12,15H2,1-3H3,(H,16,17). The molecular formula is C14H30N2OS. The molecule has 0 bridgehead atoms. The van der Waals surface area contributed by atoms with Gasteiger partial charge in [-0.15, -0.1) is 0 Å². The second-order valence-electron chi connectivity index (χ2n) is 4.85. The van der Waals surface area contributed by atoms with Crippen molar-refractivity contribution >= 4 is 17.7 Å². The lowest BCUT2D eigenvalue weighted by molar-refractivity contribution is -0.131. The number of thioether (sulfide) groups is 1. The van der Waals surface area contributed by atoms with E-state index in [9.17, 15) is 4.79 Å². The molecule has 0 aromatic rings. The van der Waals surface area contributed by atoms with Crippen LogP contribution in [-0.4, -0.2) is 31.0 Å². The lowest BCUT2D eigenvalue weighted by Gasteiger charge is -2.28. The van der Waals surface area contributed by atoms with Gasteiger partial charge < -0.3 is 11.1 Å². The molecule has 0 saturated heterocycles. The fourth-order valence-electron chi connectivity index (χ4n) is 2.07. The molecule has 1 amide bonds. The zero-order chi connectivity index (χ0) is 13.9. The SMILES string of the molecule is CCC(CC)(CN)C(=O)NCCCCCCSC.